The minimum absolute atomic E-state index is 0.0878. The minimum Gasteiger partial charge on any atom is -0.392 e. The molecule has 0 amide bonds. The Kier molecular flexibility index (Phi) is 8.57. The Balaban J connectivity index is 2.53. The average molecular weight is 414 g/mol. The Morgan fingerprint density at radius 1 is 1.30 bits per heavy atom. The highest BCUT2D eigenvalue weighted by Gasteiger charge is 2.25. The van der Waals surface area contributed by atoms with E-state index in [1.807, 2.05) is 13.8 Å². The van der Waals surface area contributed by atoms with Gasteiger partial charge in [0.05, 0.1) is 30.7 Å². The van der Waals surface area contributed by atoms with Crippen molar-refractivity contribution in [1.29, 1.82) is 10.8 Å². The fourth-order valence-corrected chi connectivity index (χ4v) is 2.90. The molecule has 0 spiro atoms. The summed E-state index contributed by atoms with van der Waals surface area (Å²) >= 11 is 0. The number of aromatic nitrogens is 1. The van der Waals surface area contributed by atoms with Crippen LogP contribution in [0.25, 0.3) is 0 Å². The van der Waals surface area contributed by atoms with Crippen LogP contribution >= 0.6 is 0 Å². The third-order valence-electron chi connectivity index (χ3n) is 4.86. The van der Waals surface area contributed by atoms with Crippen LogP contribution in [0.1, 0.15) is 25.0 Å². The summed E-state index contributed by atoms with van der Waals surface area (Å²) in [5.74, 6) is 0.324. The van der Waals surface area contributed by atoms with Crippen molar-refractivity contribution >= 4 is 29.9 Å². The Morgan fingerprint density at radius 2 is 2.00 bits per heavy atom. The van der Waals surface area contributed by atoms with Gasteiger partial charge in [0.15, 0.2) is 6.86 Å². The van der Waals surface area contributed by atoms with Crippen molar-refractivity contribution < 1.29 is 14.2 Å². The van der Waals surface area contributed by atoms with Crippen LogP contribution < -0.4 is 10.6 Å². The molecule has 1 aromatic carbocycles. The number of hydrogen-bond donors (Lipinski definition) is 4. The van der Waals surface area contributed by atoms with Gasteiger partial charge in [0.2, 0.25) is 0 Å². The van der Waals surface area contributed by atoms with Crippen molar-refractivity contribution in [2.75, 3.05) is 17.5 Å². The predicted molar refractivity (Wildman–Crippen MR) is 117 cm³/mol. The van der Waals surface area contributed by atoms with Gasteiger partial charge in [-0.1, -0.05) is 19.1 Å². The Labute approximate surface area is 175 Å². The number of aliphatic hydroxyl groups excluding tert-OH is 1. The highest BCUT2D eigenvalue weighted by atomic mass is 19.1. The smallest absolute Gasteiger partial charge is 0.189 e. The van der Waals surface area contributed by atoms with E-state index < -0.39 is 19.0 Å². The molecule has 8 nitrogen and oxygen atoms in total. The van der Waals surface area contributed by atoms with Crippen molar-refractivity contribution in [3.63, 3.8) is 0 Å². The lowest BCUT2D eigenvalue weighted by atomic mass is 9.97. The number of nitrogens with one attached hydrogen (secondary N) is 2. The molecule has 0 saturated heterocycles. The van der Waals surface area contributed by atoms with Crippen molar-refractivity contribution in [3.05, 3.63) is 53.7 Å². The largest absolute Gasteiger partial charge is 0.392 e. The molecule has 1 aromatic heterocycles. The topological polar surface area (TPSA) is 132 Å². The third kappa shape index (κ3) is 5.46. The number of halogens is 1. The van der Waals surface area contributed by atoms with Crippen molar-refractivity contribution in [3.8, 4) is 0 Å². The standard InChI is InChI=1S/C21H27FN6O2/c1-14(19(10-23)30-12-22)15(2)27-21(18-4-3-9-26-20(18)25)28(13-24)17-7-5-16(11-29)6-8-17/h3-10,13-15,19,23-24,29H,11-12H2,1-2H3,(H2,25,26)/b23-10?,24-13?,27-21-/t14-,15?,19?/m0/s1. The molecule has 0 radical (unpaired) electrons. The maximum absolute atomic E-state index is 12.7. The quantitative estimate of drug-likeness (QED) is 0.350. The summed E-state index contributed by atoms with van der Waals surface area (Å²) in [6, 6.07) is 10.1. The van der Waals surface area contributed by atoms with Gasteiger partial charge in [-0.3, -0.25) is 15.3 Å². The zero-order valence-corrected chi connectivity index (χ0v) is 17.0. The summed E-state index contributed by atoms with van der Waals surface area (Å²) in [4.78, 5) is 10.4. The number of anilines is 2. The summed E-state index contributed by atoms with van der Waals surface area (Å²) in [7, 11) is 0. The van der Waals surface area contributed by atoms with Crippen LogP contribution in [0, 0.1) is 16.7 Å². The number of aliphatic imine (C=N–C) groups is 1. The lowest BCUT2D eigenvalue weighted by molar-refractivity contribution is 0.00373. The lowest BCUT2D eigenvalue weighted by Gasteiger charge is -2.27. The number of amidine groups is 1. The second-order valence-electron chi connectivity index (χ2n) is 6.72. The van der Waals surface area contributed by atoms with Crippen LogP contribution in [-0.4, -0.2) is 47.5 Å². The summed E-state index contributed by atoms with van der Waals surface area (Å²) < 4.78 is 17.6. The van der Waals surface area contributed by atoms with E-state index in [0.29, 0.717) is 17.1 Å². The van der Waals surface area contributed by atoms with Gasteiger partial charge in [0.25, 0.3) is 0 Å². The molecule has 160 valence electrons. The summed E-state index contributed by atoms with van der Waals surface area (Å²) in [6.07, 6.45) is 2.99. The average Bonchev–Trinajstić information content (AvgIpc) is 2.77. The molecular formula is C21H27FN6O2. The zero-order valence-electron chi connectivity index (χ0n) is 17.0. The van der Waals surface area contributed by atoms with Gasteiger partial charge >= 0.3 is 0 Å². The summed E-state index contributed by atoms with van der Waals surface area (Å²) in [5, 5.41) is 24.8. The van der Waals surface area contributed by atoms with Crippen molar-refractivity contribution in [1.82, 2.24) is 4.98 Å². The SMILES string of the molecule is CC(/N=C(/c1cccnc1N)N(C=N)c1ccc(CO)cc1)[C@H](C)C(C=N)OCF. The predicted octanol–water partition coefficient (Wildman–Crippen LogP) is 3.00. The van der Waals surface area contributed by atoms with E-state index in [9.17, 15) is 9.50 Å². The second kappa shape index (κ2) is 11.1. The molecule has 9 heteroatoms. The number of ether oxygens (including phenoxy) is 1. The molecule has 2 aromatic rings. The van der Waals surface area contributed by atoms with Gasteiger partial charge in [0, 0.05) is 24.0 Å². The number of alkyl halides is 1. The van der Waals surface area contributed by atoms with E-state index in [4.69, 9.17) is 26.3 Å². The third-order valence-corrected chi connectivity index (χ3v) is 4.86. The normalized spacial score (nSPS) is 14.6. The van der Waals surface area contributed by atoms with Crippen molar-refractivity contribution in [2.24, 2.45) is 10.9 Å². The van der Waals surface area contributed by atoms with Gasteiger partial charge in [-0.05, 0) is 36.8 Å². The Hall–Kier alpha value is -3.17. The highest BCUT2D eigenvalue weighted by molar-refractivity contribution is 6.20. The molecule has 0 saturated carbocycles. The fourth-order valence-electron chi connectivity index (χ4n) is 2.90. The summed E-state index contributed by atoms with van der Waals surface area (Å²) in [5.41, 5.74) is 8.00. The Morgan fingerprint density at radius 3 is 2.53 bits per heavy atom. The van der Waals surface area contributed by atoms with Crippen LogP contribution in [-0.2, 0) is 11.3 Å². The second-order valence-corrected chi connectivity index (χ2v) is 6.72. The maximum atomic E-state index is 12.7. The first-order valence-corrected chi connectivity index (χ1v) is 9.43. The number of nitrogens with zero attached hydrogens (tertiary/aromatic N) is 3. The van der Waals surface area contributed by atoms with Crippen LogP contribution in [0.3, 0.4) is 0 Å². The molecule has 30 heavy (non-hydrogen) atoms. The molecule has 0 fully saturated rings. The van der Waals surface area contributed by atoms with Crippen LogP contribution in [0.15, 0.2) is 47.6 Å². The molecule has 2 unspecified atom stereocenters. The molecule has 0 aliphatic heterocycles. The van der Waals surface area contributed by atoms with Crippen LogP contribution in [0.2, 0.25) is 0 Å². The van der Waals surface area contributed by atoms with Crippen LogP contribution in [0.4, 0.5) is 15.9 Å². The van der Waals surface area contributed by atoms with Crippen LogP contribution in [0.5, 0.6) is 0 Å². The number of aliphatic hydroxyl groups is 1. The van der Waals surface area contributed by atoms with E-state index in [1.165, 1.54) is 0 Å². The lowest BCUT2D eigenvalue weighted by Crippen LogP contribution is -2.35. The molecular weight excluding hydrogens is 387 g/mol. The number of nitrogens with two attached hydrogens (primary N) is 1. The first-order chi connectivity index (χ1) is 14.5. The monoisotopic (exact) mass is 414 g/mol. The fraction of sp³-hybridized carbons (Fsp3) is 0.333. The molecule has 1 heterocycles. The maximum Gasteiger partial charge on any atom is 0.189 e. The van der Waals surface area contributed by atoms with Crippen molar-refractivity contribution in [2.45, 2.75) is 32.6 Å². The molecule has 0 bridgehead atoms. The van der Waals surface area contributed by atoms with E-state index in [0.717, 1.165) is 18.1 Å². The first-order valence-electron chi connectivity index (χ1n) is 9.43. The minimum atomic E-state index is -0.993. The number of benzene rings is 1. The first kappa shape index (κ1) is 23.1. The van der Waals surface area contributed by atoms with E-state index in [1.54, 1.807) is 47.5 Å². The molecule has 0 aliphatic carbocycles. The van der Waals surface area contributed by atoms with E-state index in [-0.39, 0.29) is 18.3 Å². The number of hydrogen-bond acceptors (Lipinski definition) is 7. The molecule has 3 atom stereocenters. The number of pyridine rings is 1. The number of rotatable bonds is 10. The van der Waals surface area contributed by atoms with E-state index >= 15 is 0 Å². The zero-order chi connectivity index (χ0) is 22.1. The Bertz CT molecular complexity index is 874. The van der Waals surface area contributed by atoms with Gasteiger partial charge in [0.1, 0.15) is 11.7 Å². The molecule has 0 aliphatic rings. The van der Waals surface area contributed by atoms with Gasteiger partial charge in [-0.15, -0.1) is 0 Å². The molecule has 5 N–H and O–H groups in total. The highest BCUT2D eigenvalue weighted by Crippen LogP contribution is 2.22. The van der Waals surface area contributed by atoms with Gasteiger partial charge < -0.3 is 21.0 Å². The molecule has 2 rings (SSSR count). The summed E-state index contributed by atoms with van der Waals surface area (Å²) in [6.45, 7) is 2.56. The van der Waals surface area contributed by atoms with Gasteiger partial charge in [-0.25, -0.2) is 9.37 Å². The van der Waals surface area contributed by atoms with Gasteiger partial charge in [-0.2, -0.15) is 0 Å². The van der Waals surface area contributed by atoms with E-state index in [2.05, 4.69) is 4.98 Å². The number of nitrogen functional groups attached to an aromatic ring is 1.